The normalized spacial score (nSPS) is 29.5. The SMILES string of the molecule is Cc1ccc(C2CCC(N)C2)s1. The zero-order chi connectivity index (χ0) is 8.55. The van der Waals surface area contributed by atoms with Crippen LogP contribution in [-0.2, 0) is 0 Å². The molecule has 1 aromatic rings. The molecule has 0 bridgehead atoms. The summed E-state index contributed by atoms with van der Waals surface area (Å²) in [5.74, 6) is 0.763. The van der Waals surface area contributed by atoms with Crippen LogP contribution in [-0.4, -0.2) is 6.04 Å². The summed E-state index contributed by atoms with van der Waals surface area (Å²) in [6.45, 7) is 2.17. The van der Waals surface area contributed by atoms with E-state index in [1.807, 2.05) is 11.3 Å². The van der Waals surface area contributed by atoms with E-state index >= 15 is 0 Å². The summed E-state index contributed by atoms with van der Waals surface area (Å²) in [4.78, 5) is 2.96. The quantitative estimate of drug-likeness (QED) is 0.708. The molecule has 0 amide bonds. The van der Waals surface area contributed by atoms with Gasteiger partial charge in [0.05, 0.1) is 0 Å². The molecule has 12 heavy (non-hydrogen) atoms. The van der Waals surface area contributed by atoms with Gasteiger partial charge in [-0.1, -0.05) is 0 Å². The van der Waals surface area contributed by atoms with E-state index in [1.54, 1.807) is 4.88 Å². The molecule has 1 fully saturated rings. The van der Waals surface area contributed by atoms with Gasteiger partial charge in [-0.15, -0.1) is 11.3 Å². The predicted molar refractivity (Wildman–Crippen MR) is 53.6 cm³/mol. The lowest BCUT2D eigenvalue weighted by molar-refractivity contribution is 0.680. The minimum Gasteiger partial charge on any atom is -0.328 e. The molecule has 1 saturated carbocycles. The van der Waals surface area contributed by atoms with E-state index < -0.39 is 0 Å². The molecule has 0 radical (unpaired) electrons. The lowest BCUT2D eigenvalue weighted by Crippen LogP contribution is -2.14. The molecule has 2 unspecified atom stereocenters. The third-order valence-corrected chi connectivity index (χ3v) is 3.80. The highest BCUT2D eigenvalue weighted by Crippen LogP contribution is 2.36. The summed E-state index contributed by atoms with van der Waals surface area (Å²) in [6.07, 6.45) is 3.70. The molecule has 2 heteroatoms. The average Bonchev–Trinajstić information content (AvgIpc) is 2.58. The fraction of sp³-hybridized carbons (Fsp3) is 0.600. The molecule has 0 saturated heterocycles. The molecule has 1 heterocycles. The van der Waals surface area contributed by atoms with Crippen LogP contribution in [0.1, 0.15) is 34.9 Å². The number of hydrogen-bond acceptors (Lipinski definition) is 2. The van der Waals surface area contributed by atoms with Crippen LogP contribution in [0.25, 0.3) is 0 Å². The minimum absolute atomic E-state index is 0.456. The van der Waals surface area contributed by atoms with E-state index in [0.29, 0.717) is 6.04 Å². The first-order chi connectivity index (χ1) is 5.75. The van der Waals surface area contributed by atoms with E-state index in [0.717, 1.165) is 5.92 Å². The highest BCUT2D eigenvalue weighted by atomic mass is 32.1. The summed E-state index contributed by atoms with van der Waals surface area (Å²) in [7, 11) is 0. The number of rotatable bonds is 1. The Kier molecular flexibility index (Phi) is 2.20. The molecule has 1 aliphatic carbocycles. The van der Waals surface area contributed by atoms with Gasteiger partial charge in [0.2, 0.25) is 0 Å². The van der Waals surface area contributed by atoms with Gasteiger partial charge >= 0.3 is 0 Å². The van der Waals surface area contributed by atoms with Gasteiger partial charge in [0.25, 0.3) is 0 Å². The topological polar surface area (TPSA) is 26.0 Å². The number of nitrogens with two attached hydrogens (primary N) is 1. The Morgan fingerprint density at radius 3 is 2.75 bits per heavy atom. The van der Waals surface area contributed by atoms with Gasteiger partial charge in [0.1, 0.15) is 0 Å². The zero-order valence-electron chi connectivity index (χ0n) is 7.42. The van der Waals surface area contributed by atoms with Crippen LogP contribution in [0.3, 0.4) is 0 Å². The van der Waals surface area contributed by atoms with Gasteiger partial charge in [-0.3, -0.25) is 0 Å². The average molecular weight is 181 g/mol. The second kappa shape index (κ2) is 3.19. The van der Waals surface area contributed by atoms with Crippen molar-refractivity contribution in [3.63, 3.8) is 0 Å². The molecule has 1 aliphatic rings. The zero-order valence-corrected chi connectivity index (χ0v) is 8.23. The number of hydrogen-bond donors (Lipinski definition) is 1. The highest BCUT2D eigenvalue weighted by Gasteiger charge is 2.23. The Bertz CT molecular complexity index is 267. The van der Waals surface area contributed by atoms with Crippen molar-refractivity contribution >= 4 is 11.3 Å². The predicted octanol–water partition coefficient (Wildman–Crippen LogP) is 2.65. The summed E-state index contributed by atoms with van der Waals surface area (Å²) in [5, 5.41) is 0. The smallest absolute Gasteiger partial charge is 0.00796 e. The van der Waals surface area contributed by atoms with Crippen molar-refractivity contribution in [3.05, 3.63) is 21.9 Å². The monoisotopic (exact) mass is 181 g/mol. The highest BCUT2D eigenvalue weighted by molar-refractivity contribution is 7.12. The molecule has 0 aromatic carbocycles. The summed E-state index contributed by atoms with van der Waals surface area (Å²) >= 11 is 1.93. The van der Waals surface area contributed by atoms with E-state index in [9.17, 15) is 0 Å². The second-order valence-corrected chi connectivity index (χ2v) is 5.04. The van der Waals surface area contributed by atoms with E-state index in [-0.39, 0.29) is 0 Å². The van der Waals surface area contributed by atoms with Crippen LogP contribution >= 0.6 is 11.3 Å². The minimum atomic E-state index is 0.456. The Morgan fingerprint density at radius 2 is 2.25 bits per heavy atom. The number of thiophene rings is 1. The largest absolute Gasteiger partial charge is 0.328 e. The summed E-state index contributed by atoms with van der Waals surface area (Å²) < 4.78 is 0. The molecule has 1 nitrogen and oxygen atoms in total. The standard InChI is InChI=1S/C10H15NS/c1-7-2-5-10(12-7)8-3-4-9(11)6-8/h2,5,8-9H,3-4,6,11H2,1H3. The van der Waals surface area contributed by atoms with E-state index in [1.165, 1.54) is 24.1 Å². The molecular weight excluding hydrogens is 166 g/mol. The first-order valence-electron chi connectivity index (χ1n) is 4.57. The third kappa shape index (κ3) is 1.54. The second-order valence-electron chi connectivity index (χ2n) is 3.72. The Balaban J connectivity index is 2.11. The summed E-state index contributed by atoms with van der Waals surface area (Å²) in [6, 6.07) is 4.93. The Morgan fingerprint density at radius 1 is 1.42 bits per heavy atom. The molecule has 2 atom stereocenters. The van der Waals surface area contributed by atoms with Gasteiger partial charge in [-0.05, 0) is 44.2 Å². The van der Waals surface area contributed by atoms with Gasteiger partial charge < -0.3 is 5.73 Å². The van der Waals surface area contributed by atoms with Crippen LogP contribution in [0.2, 0.25) is 0 Å². The van der Waals surface area contributed by atoms with Crippen molar-refractivity contribution in [2.45, 2.75) is 38.1 Å². The van der Waals surface area contributed by atoms with Crippen LogP contribution < -0.4 is 5.73 Å². The lowest BCUT2D eigenvalue weighted by Gasteiger charge is -2.05. The van der Waals surface area contributed by atoms with Gasteiger partial charge in [0, 0.05) is 15.8 Å². The molecule has 2 rings (SSSR count). The van der Waals surface area contributed by atoms with Crippen LogP contribution in [0.15, 0.2) is 12.1 Å². The molecule has 66 valence electrons. The fourth-order valence-electron chi connectivity index (χ4n) is 1.95. The van der Waals surface area contributed by atoms with E-state index in [2.05, 4.69) is 19.1 Å². The Hall–Kier alpha value is -0.340. The van der Waals surface area contributed by atoms with Gasteiger partial charge in [-0.2, -0.15) is 0 Å². The maximum atomic E-state index is 5.87. The fourth-order valence-corrected chi connectivity index (χ4v) is 2.97. The van der Waals surface area contributed by atoms with Crippen molar-refractivity contribution in [1.29, 1.82) is 0 Å². The van der Waals surface area contributed by atoms with Crippen molar-refractivity contribution in [2.75, 3.05) is 0 Å². The van der Waals surface area contributed by atoms with Crippen LogP contribution in [0, 0.1) is 6.92 Å². The van der Waals surface area contributed by atoms with Crippen molar-refractivity contribution < 1.29 is 0 Å². The van der Waals surface area contributed by atoms with Gasteiger partial charge in [0.15, 0.2) is 0 Å². The molecule has 0 spiro atoms. The Labute approximate surface area is 77.6 Å². The van der Waals surface area contributed by atoms with E-state index in [4.69, 9.17) is 5.73 Å². The number of aryl methyl sites for hydroxylation is 1. The van der Waals surface area contributed by atoms with Crippen LogP contribution in [0.4, 0.5) is 0 Å². The summed E-state index contributed by atoms with van der Waals surface area (Å²) in [5.41, 5.74) is 5.87. The third-order valence-electron chi connectivity index (χ3n) is 2.64. The van der Waals surface area contributed by atoms with Crippen molar-refractivity contribution in [1.82, 2.24) is 0 Å². The van der Waals surface area contributed by atoms with Crippen LogP contribution in [0.5, 0.6) is 0 Å². The van der Waals surface area contributed by atoms with Crippen molar-refractivity contribution in [2.24, 2.45) is 5.73 Å². The molecule has 1 aromatic heterocycles. The maximum absolute atomic E-state index is 5.87. The molecule has 2 N–H and O–H groups in total. The molecule has 0 aliphatic heterocycles. The molecular formula is C10H15NS. The van der Waals surface area contributed by atoms with Gasteiger partial charge in [-0.25, -0.2) is 0 Å². The van der Waals surface area contributed by atoms with Crippen molar-refractivity contribution in [3.8, 4) is 0 Å². The maximum Gasteiger partial charge on any atom is 0.00796 e. The first kappa shape index (κ1) is 8.27. The first-order valence-corrected chi connectivity index (χ1v) is 5.39. The lowest BCUT2D eigenvalue weighted by atomic mass is 10.1.